The highest BCUT2D eigenvalue weighted by Crippen LogP contribution is 2.12. The number of allylic oxidation sites excluding steroid dienone is 20. The molecule has 1 unspecified atom stereocenters. The second-order valence-electron chi connectivity index (χ2n) is 15.9. The molecule has 0 bridgehead atoms. The molecule has 0 spiro atoms. The Labute approximate surface area is 386 Å². The molecule has 0 heterocycles. The Morgan fingerprint density at radius 2 is 0.571 bits per heavy atom. The molecule has 63 heavy (non-hydrogen) atoms. The molecule has 0 amide bonds. The van der Waals surface area contributed by atoms with E-state index in [0.717, 1.165) is 148 Å². The molecule has 0 radical (unpaired) electrons. The molecule has 0 aliphatic heterocycles. The van der Waals surface area contributed by atoms with E-state index in [4.69, 9.17) is 14.2 Å². The van der Waals surface area contributed by atoms with Gasteiger partial charge in [-0.15, -0.1) is 0 Å². The van der Waals surface area contributed by atoms with E-state index in [1.807, 2.05) is 0 Å². The number of hydrogen-bond donors (Lipinski definition) is 0. The van der Waals surface area contributed by atoms with E-state index in [1.54, 1.807) is 0 Å². The van der Waals surface area contributed by atoms with Crippen LogP contribution in [0.3, 0.4) is 0 Å². The highest BCUT2D eigenvalue weighted by molar-refractivity contribution is 5.71. The van der Waals surface area contributed by atoms with Crippen molar-refractivity contribution >= 4 is 17.9 Å². The second kappa shape index (κ2) is 50.5. The molecular weight excluding hydrogens is 781 g/mol. The zero-order valence-corrected chi connectivity index (χ0v) is 40.3. The molecule has 0 aliphatic carbocycles. The summed E-state index contributed by atoms with van der Waals surface area (Å²) in [7, 11) is 0. The van der Waals surface area contributed by atoms with Crippen molar-refractivity contribution in [3.63, 3.8) is 0 Å². The number of unbranched alkanes of at least 4 members (excludes halogenated alkanes) is 12. The summed E-state index contributed by atoms with van der Waals surface area (Å²) in [5.41, 5.74) is 0. The molecule has 0 N–H and O–H groups in total. The van der Waals surface area contributed by atoms with Gasteiger partial charge in [-0.1, -0.05) is 181 Å². The van der Waals surface area contributed by atoms with E-state index in [-0.39, 0.29) is 37.5 Å². The minimum atomic E-state index is -0.814. The largest absolute Gasteiger partial charge is 0.462 e. The van der Waals surface area contributed by atoms with Crippen molar-refractivity contribution in [3.05, 3.63) is 122 Å². The summed E-state index contributed by atoms with van der Waals surface area (Å²) in [4.78, 5) is 37.9. The average molecular weight is 871 g/mol. The van der Waals surface area contributed by atoms with Crippen molar-refractivity contribution in [1.29, 1.82) is 0 Å². The van der Waals surface area contributed by atoms with Crippen molar-refractivity contribution in [2.75, 3.05) is 13.2 Å². The Kier molecular flexibility index (Phi) is 47.1. The summed E-state index contributed by atoms with van der Waals surface area (Å²) >= 11 is 0. The van der Waals surface area contributed by atoms with Gasteiger partial charge in [0.15, 0.2) is 6.10 Å². The smallest absolute Gasteiger partial charge is 0.306 e. The summed E-state index contributed by atoms with van der Waals surface area (Å²) < 4.78 is 16.7. The maximum Gasteiger partial charge on any atom is 0.306 e. The number of carbonyl (C=O) groups excluding carboxylic acids is 3. The zero-order valence-electron chi connectivity index (χ0n) is 40.3. The fraction of sp³-hybridized carbons (Fsp3) is 0.596. The van der Waals surface area contributed by atoms with Gasteiger partial charge < -0.3 is 14.2 Å². The lowest BCUT2D eigenvalue weighted by molar-refractivity contribution is -0.167. The Hall–Kier alpha value is -4.19. The molecule has 0 aromatic rings. The summed E-state index contributed by atoms with van der Waals surface area (Å²) in [5.74, 6) is -0.997. The van der Waals surface area contributed by atoms with Crippen molar-refractivity contribution in [2.45, 2.75) is 207 Å². The van der Waals surface area contributed by atoms with Gasteiger partial charge in [-0.3, -0.25) is 14.4 Å². The molecule has 0 rings (SSSR count). The molecule has 0 aliphatic rings. The van der Waals surface area contributed by atoms with Gasteiger partial charge in [-0.2, -0.15) is 0 Å². The number of ether oxygens (including phenoxy) is 3. The lowest BCUT2D eigenvalue weighted by Gasteiger charge is -2.18. The van der Waals surface area contributed by atoms with Crippen LogP contribution in [0.1, 0.15) is 201 Å². The monoisotopic (exact) mass is 871 g/mol. The third-order valence-corrected chi connectivity index (χ3v) is 9.94. The lowest BCUT2D eigenvalue weighted by Crippen LogP contribution is -2.30. The van der Waals surface area contributed by atoms with Crippen LogP contribution in [0.25, 0.3) is 0 Å². The standard InChI is InChI=1S/C57H90O6/c1-4-7-10-13-16-19-22-25-27-28-29-30-31-33-35-38-41-44-47-50-56(59)62-53-54(52-61-55(58)49-46-43-40-37-34-24-21-18-15-12-9-6-3)63-57(60)51-48-45-42-39-36-32-26-23-20-17-14-11-8-5-2/h7-12,16-21,25-27,29-30,32,34,37,54H,4-6,13-15,22-24,28,31,33,35-36,38-53H2,1-3H3/b10-7-,11-8-,12-9-,19-16-,20-17-,21-18-,27-25-,30-29-,32-26-,37-34-. The van der Waals surface area contributed by atoms with Crippen molar-refractivity contribution in [1.82, 2.24) is 0 Å². The van der Waals surface area contributed by atoms with E-state index in [2.05, 4.69) is 142 Å². The third-order valence-electron chi connectivity index (χ3n) is 9.94. The zero-order chi connectivity index (χ0) is 45.8. The van der Waals surface area contributed by atoms with Crippen molar-refractivity contribution in [2.24, 2.45) is 0 Å². The van der Waals surface area contributed by atoms with Crippen LogP contribution in [-0.2, 0) is 28.6 Å². The second-order valence-corrected chi connectivity index (χ2v) is 15.9. The minimum Gasteiger partial charge on any atom is -0.462 e. The van der Waals surface area contributed by atoms with Crippen LogP contribution in [0.2, 0.25) is 0 Å². The highest BCUT2D eigenvalue weighted by atomic mass is 16.6. The predicted octanol–water partition coefficient (Wildman–Crippen LogP) is 16.5. The van der Waals surface area contributed by atoms with Gasteiger partial charge in [0.05, 0.1) is 0 Å². The first-order valence-electron chi connectivity index (χ1n) is 25.0. The topological polar surface area (TPSA) is 78.9 Å². The minimum absolute atomic E-state index is 0.111. The number of hydrogen-bond acceptors (Lipinski definition) is 6. The van der Waals surface area contributed by atoms with Crippen LogP contribution in [0.5, 0.6) is 0 Å². The van der Waals surface area contributed by atoms with E-state index < -0.39 is 6.10 Å². The van der Waals surface area contributed by atoms with Gasteiger partial charge in [-0.25, -0.2) is 0 Å². The van der Waals surface area contributed by atoms with Crippen LogP contribution in [0, 0.1) is 0 Å². The molecular formula is C57H90O6. The average Bonchev–Trinajstić information content (AvgIpc) is 3.28. The van der Waals surface area contributed by atoms with Gasteiger partial charge in [0.25, 0.3) is 0 Å². The van der Waals surface area contributed by atoms with E-state index in [0.29, 0.717) is 12.8 Å². The molecule has 354 valence electrons. The fourth-order valence-electron chi connectivity index (χ4n) is 6.28. The first-order chi connectivity index (χ1) is 31.0. The maximum atomic E-state index is 12.8. The summed E-state index contributed by atoms with van der Waals surface area (Å²) in [6.07, 6.45) is 69.0. The van der Waals surface area contributed by atoms with Crippen LogP contribution in [0.4, 0.5) is 0 Å². The fourth-order valence-corrected chi connectivity index (χ4v) is 6.28. The van der Waals surface area contributed by atoms with E-state index in [1.165, 1.54) is 12.8 Å². The lowest BCUT2D eigenvalue weighted by atomic mass is 10.1. The molecule has 0 saturated carbocycles. The third kappa shape index (κ3) is 48.7. The normalized spacial score (nSPS) is 13.1. The highest BCUT2D eigenvalue weighted by Gasteiger charge is 2.19. The summed E-state index contributed by atoms with van der Waals surface area (Å²) in [6.45, 7) is 6.20. The predicted molar refractivity (Wildman–Crippen MR) is 269 cm³/mol. The van der Waals surface area contributed by atoms with Gasteiger partial charge in [0.1, 0.15) is 13.2 Å². The van der Waals surface area contributed by atoms with Gasteiger partial charge in [0, 0.05) is 19.3 Å². The van der Waals surface area contributed by atoms with Crippen LogP contribution >= 0.6 is 0 Å². The van der Waals surface area contributed by atoms with Gasteiger partial charge >= 0.3 is 17.9 Å². The number of rotatable bonds is 43. The molecule has 0 fully saturated rings. The maximum absolute atomic E-state index is 12.8. The first kappa shape index (κ1) is 58.8. The van der Waals surface area contributed by atoms with Crippen molar-refractivity contribution < 1.29 is 28.6 Å². The molecule has 0 aromatic heterocycles. The summed E-state index contributed by atoms with van der Waals surface area (Å²) in [5, 5.41) is 0. The molecule has 0 aromatic carbocycles. The van der Waals surface area contributed by atoms with Crippen LogP contribution < -0.4 is 0 Å². The molecule has 6 nitrogen and oxygen atoms in total. The molecule has 6 heteroatoms. The van der Waals surface area contributed by atoms with Crippen molar-refractivity contribution in [3.8, 4) is 0 Å². The number of esters is 3. The van der Waals surface area contributed by atoms with Gasteiger partial charge in [0.2, 0.25) is 0 Å². The Bertz CT molecular complexity index is 1370. The van der Waals surface area contributed by atoms with Crippen LogP contribution in [-0.4, -0.2) is 37.2 Å². The first-order valence-corrected chi connectivity index (χ1v) is 25.0. The van der Waals surface area contributed by atoms with Gasteiger partial charge in [-0.05, 0) is 122 Å². The molecule has 0 saturated heterocycles. The summed E-state index contributed by atoms with van der Waals surface area (Å²) in [6, 6.07) is 0. The quantitative estimate of drug-likeness (QED) is 0.0263. The molecule has 1 atom stereocenters. The number of carbonyl (C=O) groups is 3. The Morgan fingerprint density at radius 1 is 0.317 bits per heavy atom. The Balaban J connectivity index is 4.48. The van der Waals surface area contributed by atoms with E-state index >= 15 is 0 Å². The van der Waals surface area contributed by atoms with Crippen LogP contribution in [0.15, 0.2) is 122 Å². The SMILES string of the molecule is CC/C=C\C/C=C\C/C=C\C/C=C\CCCCCCCCC(=O)OCC(COC(=O)CCCC/C=C\C/C=C\C/C=C\CC)OC(=O)CCCCCC/C=C\C/C=C\C/C=C\CC. The Morgan fingerprint density at radius 3 is 0.921 bits per heavy atom. The van der Waals surface area contributed by atoms with E-state index in [9.17, 15) is 14.4 Å².